The molecule has 32 heavy (non-hydrogen) atoms. The SMILES string of the molecule is C#CCN(C(=O)O)c1ccc(N2CCCC3(CCN(C4CCC(O)CC4)C3=O)C2)c(F)c1. The summed E-state index contributed by atoms with van der Waals surface area (Å²) in [5.74, 6) is 1.91. The first kappa shape index (κ1) is 22.4. The Balaban J connectivity index is 1.50. The van der Waals surface area contributed by atoms with Crippen molar-refractivity contribution in [1.29, 1.82) is 0 Å². The highest BCUT2D eigenvalue weighted by atomic mass is 19.1. The number of carbonyl (C=O) groups excluding carboxylic acids is 1. The van der Waals surface area contributed by atoms with Crippen molar-refractivity contribution in [1.82, 2.24) is 4.90 Å². The molecule has 1 unspecified atom stereocenters. The van der Waals surface area contributed by atoms with Gasteiger partial charge in [0.15, 0.2) is 0 Å². The molecule has 8 heteroatoms. The number of aliphatic hydroxyl groups is 1. The molecule has 1 spiro atoms. The molecule has 3 fully saturated rings. The van der Waals surface area contributed by atoms with Crippen molar-refractivity contribution in [3.05, 3.63) is 24.0 Å². The molecule has 4 rings (SSSR count). The lowest BCUT2D eigenvalue weighted by molar-refractivity contribution is -0.139. The summed E-state index contributed by atoms with van der Waals surface area (Å²) < 4.78 is 15.0. The number of carbonyl (C=O) groups is 2. The van der Waals surface area contributed by atoms with Gasteiger partial charge in [0, 0.05) is 25.7 Å². The van der Waals surface area contributed by atoms with Crippen molar-refractivity contribution >= 4 is 23.4 Å². The van der Waals surface area contributed by atoms with E-state index in [-0.39, 0.29) is 30.3 Å². The van der Waals surface area contributed by atoms with Crippen LogP contribution >= 0.6 is 0 Å². The molecular weight excluding hydrogens is 413 g/mol. The van der Waals surface area contributed by atoms with Gasteiger partial charge in [0.2, 0.25) is 5.91 Å². The van der Waals surface area contributed by atoms with Gasteiger partial charge < -0.3 is 20.0 Å². The molecule has 3 aliphatic rings. The van der Waals surface area contributed by atoms with E-state index in [0.717, 1.165) is 49.8 Å². The summed E-state index contributed by atoms with van der Waals surface area (Å²) >= 11 is 0. The molecular formula is C24H30FN3O4. The second-order valence-corrected chi connectivity index (χ2v) is 9.22. The van der Waals surface area contributed by atoms with Crippen molar-refractivity contribution in [2.75, 3.05) is 36.0 Å². The molecule has 0 radical (unpaired) electrons. The lowest BCUT2D eigenvalue weighted by Gasteiger charge is -2.41. The van der Waals surface area contributed by atoms with E-state index in [1.54, 1.807) is 12.1 Å². The van der Waals surface area contributed by atoms with Gasteiger partial charge in [-0.05, 0) is 63.1 Å². The van der Waals surface area contributed by atoms with E-state index >= 15 is 4.39 Å². The summed E-state index contributed by atoms with van der Waals surface area (Å²) in [6.07, 6.45) is 9.23. The number of piperidine rings is 1. The van der Waals surface area contributed by atoms with Crippen LogP contribution in [0.5, 0.6) is 0 Å². The van der Waals surface area contributed by atoms with Crippen molar-refractivity contribution in [3.63, 3.8) is 0 Å². The van der Waals surface area contributed by atoms with Gasteiger partial charge in [0.05, 0.1) is 29.4 Å². The molecule has 1 aromatic rings. The standard InChI is InChI=1S/C24H30FN3O4/c1-2-12-28(23(31)32)18-6-9-21(20(25)15-18)26-13-3-10-24(16-26)11-14-27(22(24)30)17-4-7-19(29)8-5-17/h1,6,9,15,17,19,29H,3-5,7-8,10-14,16H2,(H,31,32). The Bertz CT molecular complexity index is 924. The van der Waals surface area contributed by atoms with E-state index in [9.17, 15) is 19.8 Å². The number of benzene rings is 1. The van der Waals surface area contributed by atoms with E-state index in [1.165, 1.54) is 6.07 Å². The van der Waals surface area contributed by atoms with Gasteiger partial charge in [0.1, 0.15) is 5.82 Å². The highest BCUT2D eigenvalue weighted by molar-refractivity contribution is 5.87. The predicted octanol–water partition coefficient (Wildman–Crippen LogP) is 3.07. The van der Waals surface area contributed by atoms with Gasteiger partial charge in [0.25, 0.3) is 0 Å². The van der Waals surface area contributed by atoms with Crippen LogP contribution in [-0.2, 0) is 4.79 Å². The number of anilines is 2. The molecule has 2 N–H and O–H groups in total. The quantitative estimate of drug-likeness (QED) is 0.699. The van der Waals surface area contributed by atoms with Gasteiger partial charge in [-0.25, -0.2) is 9.18 Å². The molecule has 172 valence electrons. The van der Waals surface area contributed by atoms with Crippen LogP contribution < -0.4 is 9.80 Å². The zero-order chi connectivity index (χ0) is 22.9. The van der Waals surface area contributed by atoms with Crippen LogP contribution in [0.2, 0.25) is 0 Å². The van der Waals surface area contributed by atoms with Crippen LogP contribution in [0.15, 0.2) is 18.2 Å². The summed E-state index contributed by atoms with van der Waals surface area (Å²) in [7, 11) is 0. The highest BCUT2D eigenvalue weighted by Gasteiger charge is 2.50. The molecule has 2 heterocycles. The number of halogens is 1. The summed E-state index contributed by atoms with van der Waals surface area (Å²) in [6.45, 7) is 1.66. The number of hydrogen-bond acceptors (Lipinski definition) is 4. The monoisotopic (exact) mass is 443 g/mol. The van der Waals surface area contributed by atoms with Crippen LogP contribution in [0.25, 0.3) is 0 Å². The van der Waals surface area contributed by atoms with Gasteiger partial charge in [-0.2, -0.15) is 0 Å². The highest BCUT2D eigenvalue weighted by Crippen LogP contribution is 2.44. The zero-order valence-corrected chi connectivity index (χ0v) is 18.2. The van der Waals surface area contributed by atoms with Gasteiger partial charge in [-0.1, -0.05) is 5.92 Å². The van der Waals surface area contributed by atoms with Crippen molar-refractivity contribution < 1.29 is 24.2 Å². The number of nitrogens with zero attached hydrogens (tertiary/aromatic N) is 3. The molecule has 2 amide bonds. The average Bonchev–Trinajstić information content (AvgIpc) is 3.07. The van der Waals surface area contributed by atoms with Crippen molar-refractivity contribution in [3.8, 4) is 12.3 Å². The van der Waals surface area contributed by atoms with E-state index < -0.39 is 17.3 Å². The Morgan fingerprint density at radius 2 is 2.00 bits per heavy atom. The molecule has 0 aromatic heterocycles. The van der Waals surface area contributed by atoms with Gasteiger partial charge in [-0.15, -0.1) is 6.42 Å². The topological polar surface area (TPSA) is 84.3 Å². The van der Waals surface area contributed by atoms with Crippen LogP contribution in [0, 0.1) is 23.6 Å². The number of amides is 2. The number of carboxylic acid groups (broad SMARTS) is 1. The van der Waals surface area contributed by atoms with Crippen LogP contribution in [0.4, 0.5) is 20.6 Å². The van der Waals surface area contributed by atoms with Crippen molar-refractivity contribution in [2.24, 2.45) is 5.41 Å². The third kappa shape index (κ3) is 4.14. The molecule has 0 bridgehead atoms. The van der Waals surface area contributed by atoms with Crippen LogP contribution in [0.1, 0.15) is 44.9 Å². The number of likely N-dealkylation sites (tertiary alicyclic amines) is 1. The second-order valence-electron chi connectivity index (χ2n) is 9.22. The van der Waals surface area contributed by atoms with E-state index in [0.29, 0.717) is 25.3 Å². The summed E-state index contributed by atoms with van der Waals surface area (Å²) in [6, 6.07) is 4.52. The van der Waals surface area contributed by atoms with Gasteiger partial charge in [-0.3, -0.25) is 9.69 Å². The predicted molar refractivity (Wildman–Crippen MR) is 119 cm³/mol. The third-order valence-corrected chi connectivity index (χ3v) is 7.29. The Morgan fingerprint density at radius 3 is 2.66 bits per heavy atom. The minimum absolute atomic E-state index is 0.159. The van der Waals surface area contributed by atoms with Crippen LogP contribution in [0.3, 0.4) is 0 Å². The summed E-state index contributed by atoms with van der Waals surface area (Å²) in [4.78, 5) is 29.7. The number of terminal acetylenes is 1. The van der Waals surface area contributed by atoms with Gasteiger partial charge >= 0.3 is 6.09 Å². The van der Waals surface area contributed by atoms with E-state index in [1.807, 2.05) is 9.80 Å². The Labute approximate surface area is 187 Å². The summed E-state index contributed by atoms with van der Waals surface area (Å²) in [5.41, 5.74) is 0.0626. The molecule has 1 aliphatic carbocycles. The lowest BCUT2D eigenvalue weighted by Crippen LogP contribution is -2.50. The maximum atomic E-state index is 15.0. The zero-order valence-electron chi connectivity index (χ0n) is 18.2. The van der Waals surface area contributed by atoms with Crippen molar-refractivity contribution in [2.45, 2.75) is 57.1 Å². The normalized spacial score (nSPS) is 28.1. The fourth-order valence-electron chi connectivity index (χ4n) is 5.56. The first-order valence-corrected chi connectivity index (χ1v) is 11.3. The fraction of sp³-hybridized carbons (Fsp3) is 0.583. The Morgan fingerprint density at radius 1 is 1.25 bits per heavy atom. The lowest BCUT2D eigenvalue weighted by atomic mass is 9.78. The van der Waals surface area contributed by atoms with Crippen LogP contribution in [-0.4, -0.2) is 65.4 Å². The first-order valence-electron chi connectivity index (χ1n) is 11.3. The minimum Gasteiger partial charge on any atom is -0.465 e. The number of rotatable bonds is 4. The number of aliphatic hydroxyl groups excluding tert-OH is 1. The Kier molecular flexibility index (Phi) is 6.29. The minimum atomic E-state index is -1.24. The molecule has 1 atom stereocenters. The molecule has 1 aromatic carbocycles. The fourth-order valence-corrected chi connectivity index (χ4v) is 5.56. The molecule has 2 aliphatic heterocycles. The third-order valence-electron chi connectivity index (χ3n) is 7.29. The maximum Gasteiger partial charge on any atom is 0.412 e. The summed E-state index contributed by atoms with van der Waals surface area (Å²) in [5, 5.41) is 19.1. The number of hydrogen-bond donors (Lipinski definition) is 2. The Hall–Kier alpha value is -2.79. The van der Waals surface area contributed by atoms with E-state index in [2.05, 4.69) is 5.92 Å². The van der Waals surface area contributed by atoms with E-state index in [4.69, 9.17) is 6.42 Å². The molecule has 7 nitrogen and oxygen atoms in total. The largest absolute Gasteiger partial charge is 0.465 e. The molecule has 1 saturated carbocycles. The second kappa shape index (κ2) is 8.99. The average molecular weight is 444 g/mol. The smallest absolute Gasteiger partial charge is 0.412 e. The molecule has 2 saturated heterocycles. The maximum absolute atomic E-state index is 15.0. The first-order chi connectivity index (χ1) is 15.3.